The normalized spacial score (nSPS) is 10.3. The van der Waals surface area contributed by atoms with E-state index in [4.69, 9.17) is 9.47 Å². The Hall–Kier alpha value is -1.73. The number of amides is 1. The molecule has 1 aromatic rings. The van der Waals surface area contributed by atoms with Crippen LogP contribution < -0.4 is 5.32 Å². The van der Waals surface area contributed by atoms with Crippen molar-refractivity contribution in [2.45, 2.75) is 0 Å². The molecule has 0 saturated carbocycles. The lowest BCUT2D eigenvalue weighted by molar-refractivity contribution is 0.0621. The maximum absolute atomic E-state index is 12.2. The number of ether oxygens (including phenoxy) is 2. The standard InChI is InChI=1S/C12H20N4O3/c1-13-11-9-14-10(8-15-11)12(17)16(4-6-18-2)5-7-19-3/h8-9H,4-7H2,1-3H3,(H,13,15). The van der Waals surface area contributed by atoms with Crippen LogP contribution in [0.3, 0.4) is 0 Å². The highest BCUT2D eigenvalue weighted by Gasteiger charge is 2.16. The Balaban J connectivity index is 2.72. The summed E-state index contributed by atoms with van der Waals surface area (Å²) in [7, 11) is 4.94. The van der Waals surface area contributed by atoms with Gasteiger partial charge in [-0.2, -0.15) is 0 Å². The lowest BCUT2D eigenvalue weighted by Crippen LogP contribution is -2.37. The van der Waals surface area contributed by atoms with E-state index in [1.54, 1.807) is 26.2 Å². The van der Waals surface area contributed by atoms with Crippen LogP contribution in [0.2, 0.25) is 0 Å². The summed E-state index contributed by atoms with van der Waals surface area (Å²) < 4.78 is 9.99. The summed E-state index contributed by atoms with van der Waals surface area (Å²) in [5, 5.41) is 2.85. The van der Waals surface area contributed by atoms with E-state index in [-0.39, 0.29) is 5.91 Å². The molecule has 0 aliphatic rings. The number of hydrogen-bond acceptors (Lipinski definition) is 6. The first-order valence-corrected chi connectivity index (χ1v) is 5.99. The van der Waals surface area contributed by atoms with Crippen LogP contribution in [0.4, 0.5) is 5.82 Å². The molecule has 0 saturated heterocycles. The fraction of sp³-hybridized carbons (Fsp3) is 0.583. The lowest BCUT2D eigenvalue weighted by atomic mass is 10.3. The van der Waals surface area contributed by atoms with Crippen molar-refractivity contribution in [3.63, 3.8) is 0 Å². The molecule has 1 N–H and O–H groups in total. The first-order chi connectivity index (χ1) is 9.22. The van der Waals surface area contributed by atoms with Gasteiger partial charge in [0.1, 0.15) is 11.5 Å². The molecule has 106 valence electrons. The number of anilines is 1. The van der Waals surface area contributed by atoms with Gasteiger partial charge in [0, 0.05) is 34.4 Å². The van der Waals surface area contributed by atoms with E-state index in [9.17, 15) is 4.79 Å². The second-order valence-electron chi connectivity index (χ2n) is 3.81. The fourth-order valence-corrected chi connectivity index (χ4v) is 1.45. The van der Waals surface area contributed by atoms with Crippen molar-refractivity contribution in [3.8, 4) is 0 Å². The zero-order valence-corrected chi connectivity index (χ0v) is 11.5. The van der Waals surface area contributed by atoms with E-state index in [0.717, 1.165) is 0 Å². The van der Waals surface area contributed by atoms with Crippen molar-refractivity contribution < 1.29 is 14.3 Å². The van der Waals surface area contributed by atoms with Crippen LogP contribution in [0.25, 0.3) is 0 Å². The third-order valence-corrected chi connectivity index (χ3v) is 2.54. The molecule has 0 aliphatic heterocycles. The highest BCUT2D eigenvalue weighted by atomic mass is 16.5. The minimum atomic E-state index is -0.177. The van der Waals surface area contributed by atoms with Crippen LogP contribution in [-0.4, -0.2) is 68.3 Å². The van der Waals surface area contributed by atoms with Crippen molar-refractivity contribution >= 4 is 11.7 Å². The Labute approximate surface area is 112 Å². The van der Waals surface area contributed by atoms with Gasteiger partial charge in [-0.05, 0) is 0 Å². The smallest absolute Gasteiger partial charge is 0.274 e. The van der Waals surface area contributed by atoms with Crippen LogP contribution in [0, 0.1) is 0 Å². The second-order valence-corrected chi connectivity index (χ2v) is 3.81. The maximum Gasteiger partial charge on any atom is 0.274 e. The molecule has 0 bridgehead atoms. The molecule has 1 amide bonds. The predicted octanol–water partition coefficient (Wildman–Crippen LogP) is 0.253. The average Bonchev–Trinajstić information content (AvgIpc) is 2.47. The maximum atomic E-state index is 12.2. The van der Waals surface area contributed by atoms with Gasteiger partial charge in [-0.1, -0.05) is 0 Å². The summed E-state index contributed by atoms with van der Waals surface area (Å²) in [6.07, 6.45) is 2.98. The van der Waals surface area contributed by atoms with Gasteiger partial charge in [0.25, 0.3) is 5.91 Å². The highest BCUT2D eigenvalue weighted by molar-refractivity contribution is 5.92. The van der Waals surface area contributed by atoms with Gasteiger partial charge in [0.15, 0.2) is 0 Å². The van der Waals surface area contributed by atoms with Crippen molar-refractivity contribution in [3.05, 3.63) is 18.1 Å². The molecule has 0 unspecified atom stereocenters. The van der Waals surface area contributed by atoms with Crippen LogP contribution in [0.5, 0.6) is 0 Å². The molecule has 19 heavy (non-hydrogen) atoms. The first-order valence-electron chi connectivity index (χ1n) is 5.99. The number of rotatable bonds is 8. The Morgan fingerprint density at radius 2 is 1.84 bits per heavy atom. The number of carbonyl (C=O) groups excluding carboxylic acids is 1. The monoisotopic (exact) mass is 268 g/mol. The lowest BCUT2D eigenvalue weighted by Gasteiger charge is -2.21. The van der Waals surface area contributed by atoms with Crippen molar-refractivity contribution in [2.75, 3.05) is 52.9 Å². The molecule has 0 aromatic carbocycles. The minimum Gasteiger partial charge on any atom is -0.383 e. The van der Waals surface area contributed by atoms with E-state index in [0.29, 0.717) is 37.8 Å². The second kappa shape index (κ2) is 8.39. The Bertz CT molecular complexity index is 375. The molecule has 0 spiro atoms. The summed E-state index contributed by atoms with van der Waals surface area (Å²) in [4.78, 5) is 22.0. The molecular formula is C12H20N4O3. The van der Waals surface area contributed by atoms with E-state index in [1.165, 1.54) is 12.4 Å². The molecule has 7 nitrogen and oxygen atoms in total. The third-order valence-electron chi connectivity index (χ3n) is 2.54. The van der Waals surface area contributed by atoms with Crippen LogP contribution in [0.15, 0.2) is 12.4 Å². The van der Waals surface area contributed by atoms with Gasteiger partial charge in [0.2, 0.25) is 0 Å². The molecule has 1 aromatic heterocycles. The summed E-state index contributed by atoms with van der Waals surface area (Å²) in [5.74, 6) is 0.445. The zero-order chi connectivity index (χ0) is 14.1. The number of nitrogens with zero attached hydrogens (tertiary/aromatic N) is 3. The van der Waals surface area contributed by atoms with E-state index >= 15 is 0 Å². The molecule has 1 heterocycles. The first kappa shape index (κ1) is 15.3. The van der Waals surface area contributed by atoms with Crippen LogP contribution in [0.1, 0.15) is 10.5 Å². The van der Waals surface area contributed by atoms with Gasteiger partial charge < -0.3 is 19.7 Å². The van der Waals surface area contributed by atoms with Gasteiger partial charge in [-0.25, -0.2) is 9.97 Å². The predicted molar refractivity (Wildman–Crippen MR) is 71.2 cm³/mol. The van der Waals surface area contributed by atoms with E-state index in [2.05, 4.69) is 15.3 Å². The Kier molecular flexibility index (Phi) is 6.76. The van der Waals surface area contributed by atoms with Gasteiger partial charge >= 0.3 is 0 Å². The van der Waals surface area contributed by atoms with Crippen molar-refractivity contribution in [1.82, 2.24) is 14.9 Å². The average molecular weight is 268 g/mol. The van der Waals surface area contributed by atoms with Gasteiger partial charge in [0.05, 0.1) is 25.6 Å². The van der Waals surface area contributed by atoms with E-state index < -0.39 is 0 Å². The van der Waals surface area contributed by atoms with Gasteiger partial charge in [-0.3, -0.25) is 4.79 Å². The largest absolute Gasteiger partial charge is 0.383 e. The quantitative estimate of drug-likeness (QED) is 0.728. The highest BCUT2D eigenvalue weighted by Crippen LogP contribution is 2.04. The molecule has 1 rings (SSSR count). The summed E-state index contributed by atoms with van der Waals surface area (Å²) in [6, 6.07) is 0. The SMILES string of the molecule is CNc1cnc(C(=O)N(CCOC)CCOC)cn1. The molecule has 0 fully saturated rings. The number of methoxy groups -OCH3 is 2. The minimum absolute atomic E-state index is 0.177. The molecule has 7 heteroatoms. The Morgan fingerprint density at radius 1 is 1.21 bits per heavy atom. The number of carbonyl (C=O) groups is 1. The van der Waals surface area contributed by atoms with Gasteiger partial charge in [-0.15, -0.1) is 0 Å². The molecule has 0 atom stereocenters. The summed E-state index contributed by atoms with van der Waals surface area (Å²) in [6.45, 7) is 1.93. The molecular weight excluding hydrogens is 248 g/mol. The van der Waals surface area contributed by atoms with E-state index in [1.807, 2.05) is 0 Å². The Morgan fingerprint density at radius 3 is 2.26 bits per heavy atom. The van der Waals surface area contributed by atoms with Crippen molar-refractivity contribution in [1.29, 1.82) is 0 Å². The van der Waals surface area contributed by atoms with Crippen LogP contribution >= 0.6 is 0 Å². The topological polar surface area (TPSA) is 76.6 Å². The molecule has 0 aliphatic carbocycles. The third kappa shape index (κ3) is 4.80. The van der Waals surface area contributed by atoms with Crippen molar-refractivity contribution in [2.24, 2.45) is 0 Å². The summed E-state index contributed by atoms with van der Waals surface area (Å²) in [5.41, 5.74) is 0.311. The number of aromatic nitrogens is 2. The van der Waals surface area contributed by atoms with Crippen LogP contribution in [-0.2, 0) is 9.47 Å². The number of nitrogens with one attached hydrogen (secondary N) is 1. The molecule has 0 radical (unpaired) electrons. The number of hydrogen-bond donors (Lipinski definition) is 1. The zero-order valence-electron chi connectivity index (χ0n) is 11.5. The fourth-order valence-electron chi connectivity index (χ4n) is 1.45. The summed E-state index contributed by atoms with van der Waals surface area (Å²) >= 11 is 0.